The zero-order valence-corrected chi connectivity index (χ0v) is 11.9. The summed E-state index contributed by atoms with van der Waals surface area (Å²) in [6.07, 6.45) is 1.86. The third-order valence-electron chi connectivity index (χ3n) is 3.39. The van der Waals surface area contributed by atoms with Crippen molar-refractivity contribution < 1.29 is 9.66 Å². The van der Waals surface area contributed by atoms with Gasteiger partial charge in [0.05, 0.1) is 17.6 Å². The van der Waals surface area contributed by atoms with E-state index >= 15 is 0 Å². The standard InChI is InChI=1S/C14H21N3O3/c1-3-6-20-13-8-11(7-12(9-13)17(18)19)16-14(2)4-5-15-10-14/h7-9,15-16H,3-6,10H2,1-2H3. The summed E-state index contributed by atoms with van der Waals surface area (Å²) in [4.78, 5) is 10.6. The number of non-ortho nitro benzene ring substituents is 1. The monoisotopic (exact) mass is 279 g/mol. The van der Waals surface area contributed by atoms with Crippen molar-refractivity contribution in [3.8, 4) is 5.75 Å². The number of hydrogen-bond donors (Lipinski definition) is 2. The Balaban J connectivity index is 2.21. The summed E-state index contributed by atoms with van der Waals surface area (Å²) in [5, 5.41) is 17.7. The lowest BCUT2D eigenvalue weighted by atomic mass is 10.0. The summed E-state index contributed by atoms with van der Waals surface area (Å²) in [5.74, 6) is 0.540. The van der Waals surface area contributed by atoms with Crippen LogP contribution in [0, 0.1) is 10.1 Å². The smallest absolute Gasteiger partial charge is 0.275 e. The zero-order chi connectivity index (χ0) is 14.6. The summed E-state index contributed by atoms with van der Waals surface area (Å²) in [6.45, 7) is 6.47. The third-order valence-corrected chi connectivity index (χ3v) is 3.39. The lowest BCUT2D eigenvalue weighted by molar-refractivity contribution is -0.384. The van der Waals surface area contributed by atoms with Gasteiger partial charge in [0.15, 0.2) is 0 Å². The Kier molecular flexibility index (Phi) is 4.44. The van der Waals surface area contributed by atoms with Gasteiger partial charge in [0.25, 0.3) is 5.69 Å². The fourth-order valence-electron chi connectivity index (χ4n) is 2.34. The summed E-state index contributed by atoms with van der Waals surface area (Å²) >= 11 is 0. The Labute approximate surface area is 118 Å². The number of ether oxygens (including phenoxy) is 1. The number of anilines is 1. The van der Waals surface area contributed by atoms with E-state index in [0.29, 0.717) is 12.4 Å². The largest absolute Gasteiger partial charge is 0.493 e. The number of hydrogen-bond acceptors (Lipinski definition) is 5. The second-order valence-electron chi connectivity index (χ2n) is 5.43. The zero-order valence-electron chi connectivity index (χ0n) is 11.9. The normalized spacial score (nSPS) is 21.7. The third kappa shape index (κ3) is 3.60. The molecule has 1 aliphatic rings. The van der Waals surface area contributed by atoms with Crippen molar-refractivity contribution in [1.29, 1.82) is 0 Å². The van der Waals surface area contributed by atoms with Gasteiger partial charge in [-0.1, -0.05) is 6.92 Å². The maximum absolute atomic E-state index is 11.0. The molecule has 0 bridgehead atoms. The van der Waals surface area contributed by atoms with Gasteiger partial charge in [-0.05, 0) is 26.3 Å². The molecular weight excluding hydrogens is 258 g/mol. The number of nitrogens with one attached hydrogen (secondary N) is 2. The first-order valence-corrected chi connectivity index (χ1v) is 6.93. The van der Waals surface area contributed by atoms with E-state index in [4.69, 9.17) is 4.74 Å². The number of benzene rings is 1. The molecule has 1 fully saturated rings. The van der Waals surface area contributed by atoms with Crippen LogP contribution < -0.4 is 15.4 Å². The number of nitro benzene ring substituents is 1. The Morgan fingerprint density at radius 1 is 1.50 bits per heavy atom. The molecule has 6 heteroatoms. The number of rotatable bonds is 6. The van der Waals surface area contributed by atoms with E-state index in [1.807, 2.05) is 13.0 Å². The van der Waals surface area contributed by atoms with Crippen molar-refractivity contribution >= 4 is 11.4 Å². The highest BCUT2D eigenvalue weighted by Crippen LogP contribution is 2.29. The maximum atomic E-state index is 11.0. The lowest BCUT2D eigenvalue weighted by Gasteiger charge is -2.26. The van der Waals surface area contributed by atoms with E-state index in [9.17, 15) is 10.1 Å². The minimum Gasteiger partial charge on any atom is -0.493 e. The summed E-state index contributed by atoms with van der Waals surface area (Å²) in [7, 11) is 0. The fraction of sp³-hybridized carbons (Fsp3) is 0.571. The second kappa shape index (κ2) is 6.09. The molecule has 0 saturated carbocycles. The second-order valence-corrected chi connectivity index (χ2v) is 5.43. The van der Waals surface area contributed by atoms with Gasteiger partial charge in [-0.25, -0.2) is 0 Å². The highest BCUT2D eigenvalue weighted by Gasteiger charge is 2.28. The Morgan fingerprint density at radius 3 is 2.90 bits per heavy atom. The molecule has 1 aromatic carbocycles. The molecule has 0 aromatic heterocycles. The average Bonchev–Trinajstić information content (AvgIpc) is 2.82. The van der Waals surface area contributed by atoms with Gasteiger partial charge in [-0.15, -0.1) is 0 Å². The molecule has 0 aliphatic carbocycles. The first-order valence-electron chi connectivity index (χ1n) is 6.93. The summed E-state index contributed by atoms with van der Waals surface area (Å²) < 4.78 is 5.52. The van der Waals surface area contributed by atoms with Crippen molar-refractivity contribution in [1.82, 2.24) is 5.32 Å². The van der Waals surface area contributed by atoms with Gasteiger partial charge in [-0.2, -0.15) is 0 Å². The Bertz CT molecular complexity index is 485. The Morgan fingerprint density at radius 2 is 2.30 bits per heavy atom. The van der Waals surface area contributed by atoms with E-state index < -0.39 is 0 Å². The van der Waals surface area contributed by atoms with Crippen LogP contribution in [0.15, 0.2) is 18.2 Å². The molecule has 0 radical (unpaired) electrons. The van der Waals surface area contributed by atoms with Gasteiger partial charge in [0.2, 0.25) is 0 Å². The minimum atomic E-state index is -0.390. The van der Waals surface area contributed by atoms with Crippen molar-refractivity contribution in [3.63, 3.8) is 0 Å². The molecule has 1 aromatic rings. The van der Waals surface area contributed by atoms with Gasteiger partial charge < -0.3 is 15.4 Å². The van der Waals surface area contributed by atoms with Gasteiger partial charge in [-0.3, -0.25) is 10.1 Å². The van der Waals surface area contributed by atoms with E-state index in [-0.39, 0.29) is 16.1 Å². The highest BCUT2D eigenvalue weighted by molar-refractivity contribution is 5.57. The average molecular weight is 279 g/mol. The first-order chi connectivity index (χ1) is 9.52. The molecule has 2 N–H and O–H groups in total. The van der Waals surface area contributed by atoms with Crippen molar-refractivity contribution in [2.45, 2.75) is 32.2 Å². The number of nitrogens with zero attached hydrogens (tertiary/aromatic N) is 1. The molecule has 1 unspecified atom stereocenters. The molecule has 2 rings (SSSR count). The molecule has 0 amide bonds. The van der Waals surface area contributed by atoms with Gasteiger partial charge >= 0.3 is 0 Å². The van der Waals surface area contributed by atoms with Crippen molar-refractivity contribution in [2.75, 3.05) is 25.0 Å². The van der Waals surface area contributed by atoms with E-state index in [0.717, 1.165) is 31.6 Å². The molecule has 0 spiro atoms. The van der Waals surface area contributed by atoms with Crippen LogP contribution >= 0.6 is 0 Å². The van der Waals surface area contributed by atoms with Crippen LogP contribution in [-0.4, -0.2) is 30.2 Å². The predicted molar refractivity (Wildman–Crippen MR) is 78.4 cm³/mol. The van der Waals surface area contributed by atoms with E-state index in [2.05, 4.69) is 17.6 Å². The quantitative estimate of drug-likeness (QED) is 0.618. The van der Waals surface area contributed by atoms with Crippen LogP contribution in [0.25, 0.3) is 0 Å². The first kappa shape index (κ1) is 14.6. The molecule has 20 heavy (non-hydrogen) atoms. The van der Waals surface area contributed by atoms with Crippen LogP contribution in [-0.2, 0) is 0 Å². The molecule has 1 atom stereocenters. The topological polar surface area (TPSA) is 76.4 Å². The minimum absolute atomic E-state index is 0.0515. The SMILES string of the molecule is CCCOc1cc(NC2(C)CCNC2)cc([N+](=O)[O-])c1. The fourth-order valence-corrected chi connectivity index (χ4v) is 2.34. The van der Waals surface area contributed by atoms with E-state index in [1.54, 1.807) is 6.07 Å². The highest BCUT2D eigenvalue weighted by atomic mass is 16.6. The Hall–Kier alpha value is -1.82. The predicted octanol–water partition coefficient (Wildman–Crippen LogP) is 2.55. The molecular formula is C14H21N3O3. The van der Waals surface area contributed by atoms with Gasteiger partial charge in [0, 0.05) is 29.9 Å². The lowest BCUT2D eigenvalue weighted by Crippen LogP contribution is -2.36. The van der Waals surface area contributed by atoms with Gasteiger partial charge in [0.1, 0.15) is 5.75 Å². The molecule has 1 heterocycles. The molecule has 6 nitrogen and oxygen atoms in total. The van der Waals surface area contributed by atoms with Crippen LogP contribution in [0.1, 0.15) is 26.7 Å². The summed E-state index contributed by atoms with van der Waals surface area (Å²) in [6, 6.07) is 4.85. The maximum Gasteiger partial charge on any atom is 0.275 e. The molecule has 110 valence electrons. The molecule has 1 aliphatic heterocycles. The van der Waals surface area contributed by atoms with E-state index in [1.165, 1.54) is 6.07 Å². The van der Waals surface area contributed by atoms with Crippen LogP contribution in [0.5, 0.6) is 5.75 Å². The van der Waals surface area contributed by atoms with Crippen molar-refractivity contribution in [2.24, 2.45) is 0 Å². The summed E-state index contributed by atoms with van der Waals surface area (Å²) in [5.41, 5.74) is 0.712. The van der Waals surface area contributed by atoms with Crippen LogP contribution in [0.2, 0.25) is 0 Å². The van der Waals surface area contributed by atoms with Crippen molar-refractivity contribution in [3.05, 3.63) is 28.3 Å². The number of nitro groups is 1. The van der Waals surface area contributed by atoms with Crippen LogP contribution in [0.3, 0.4) is 0 Å². The molecule has 1 saturated heterocycles. The van der Waals surface area contributed by atoms with Crippen LogP contribution in [0.4, 0.5) is 11.4 Å².